The van der Waals surface area contributed by atoms with Gasteiger partial charge in [0.05, 0.1) is 43.2 Å². The largest absolute Gasteiger partial charge is 0.416 e. The zero-order valence-corrected chi connectivity index (χ0v) is 26.7. The maximum atomic E-state index is 14.6. The van der Waals surface area contributed by atoms with E-state index in [0.717, 1.165) is 36.7 Å². The van der Waals surface area contributed by atoms with E-state index in [1.54, 1.807) is 35.1 Å². The van der Waals surface area contributed by atoms with E-state index < -0.39 is 44.5 Å². The summed E-state index contributed by atoms with van der Waals surface area (Å²) in [5.41, 5.74) is 0.270. The summed E-state index contributed by atoms with van der Waals surface area (Å²) in [4.78, 5) is 23.3. The molecule has 0 radical (unpaired) electrons. The Morgan fingerprint density at radius 1 is 1.09 bits per heavy atom. The monoisotopic (exact) mass is 683 g/mol. The lowest BCUT2D eigenvalue weighted by Gasteiger charge is -2.47. The van der Waals surface area contributed by atoms with Crippen molar-refractivity contribution in [3.05, 3.63) is 106 Å². The summed E-state index contributed by atoms with van der Waals surface area (Å²) in [5.74, 6) is 3.56. The first-order valence-corrected chi connectivity index (χ1v) is 17.3. The Morgan fingerprint density at radius 3 is 2.53 bits per heavy atom. The Kier molecular flexibility index (Phi) is 7.88. The lowest BCUT2D eigenvalue weighted by Crippen LogP contribution is -2.51. The molecule has 3 atom stereocenters. The van der Waals surface area contributed by atoms with E-state index in [2.05, 4.69) is 20.9 Å². The molecule has 0 bridgehead atoms. The van der Waals surface area contributed by atoms with Crippen LogP contribution in [0.1, 0.15) is 59.4 Å². The number of fused-ring (bicyclic) bond motifs is 2. The van der Waals surface area contributed by atoms with E-state index in [1.807, 2.05) is 10.4 Å². The number of alkyl halides is 3. The van der Waals surface area contributed by atoms with Crippen molar-refractivity contribution in [1.82, 2.24) is 24.1 Å². The predicted molar refractivity (Wildman–Crippen MR) is 171 cm³/mol. The summed E-state index contributed by atoms with van der Waals surface area (Å²) in [6.45, 7) is 0.495. The van der Waals surface area contributed by atoms with Gasteiger partial charge in [0.15, 0.2) is 5.78 Å². The van der Waals surface area contributed by atoms with Crippen LogP contribution in [-0.4, -0.2) is 52.5 Å². The third kappa shape index (κ3) is 5.91. The van der Waals surface area contributed by atoms with Gasteiger partial charge in [-0.3, -0.25) is 9.78 Å². The quantitative estimate of drug-likeness (QED) is 0.0847. The number of benzene rings is 1. The van der Waals surface area contributed by atoms with Crippen LogP contribution in [0.4, 0.5) is 17.6 Å². The Bertz CT molecular complexity index is 1990. The number of Topliss-reactive ketones (excluding diaryl/α,β-unsaturated/α-hetero) is 1. The molecular weight excluding hydrogens is 654 g/mol. The Hall–Kier alpha value is -3.87. The van der Waals surface area contributed by atoms with Crippen molar-refractivity contribution < 1.29 is 26.6 Å². The number of pyridine rings is 2. The van der Waals surface area contributed by atoms with Crippen LogP contribution < -0.4 is 0 Å². The van der Waals surface area contributed by atoms with Gasteiger partial charge in [-0.25, -0.2) is 22.6 Å². The first-order valence-electron chi connectivity index (χ1n) is 15.2. The van der Waals surface area contributed by atoms with Crippen LogP contribution >= 0.6 is 11.6 Å². The number of rotatable bonds is 8. The van der Waals surface area contributed by atoms with Gasteiger partial charge in [0.2, 0.25) is 0 Å². The molecule has 4 aromatic rings. The molecule has 7 nitrogen and oxygen atoms in total. The van der Waals surface area contributed by atoms with Crippen molar-refractivity contribution in [3.63, 3.8) is 0 Å². The number of aromatic nitrogens is 4. The van der Waals surface area contributed by atoms with Crippen LogP contribution in [-0.2, 0) is 22.3 Å². The molecule has 47 heavy (non-hydrogen) atoms. The first-order chi connectivity index (χ1) is 22.3. The number of carbonyl (C=O) groups is 1. The Labute approximate surface area is 274 Å². The van der Waals surface area contributed by atoms with Gasteiger partial charge in [0.25, 0.3) is 0 Å². The number of allylic oxidation sites excluding steroid dienone is 1. The van der Waals surface area contributed by atoms with E-state index in [4.69, 9.17) is 11.6 Å². The average molecular weight is 684 g/mol. The highest BCUT2D eigenvalue weighted by Gasteiger charge is 2.52. The molecule has 13 heteroatoms. The highest BCUT2D eigenvalue weighted by Crippen LogP contribution is 2.52. The van der Waals surface area contributed by atoms with Crippen LogP contribution in [0.25, 0.3) is 11.8 Å². The van der Waals surface area contributed by atoms with Gasteiger partial charge in [-0.2, -0.15) is 18.3 Å². The van der Waals surface area contributed by atoms with Crippen LogP contribution in [0, 0.1) is 17.2 Å². The number of carbonyl (C=O) groups excluding carboxylic acids is 1. The van der Waals surface area contributed by atoms with Crippen molar-refractivity contribution >= 4 is 39.0 Å². The fraction of sp³-hybridized carbons (Fsp3) is 0.324. The highest BCUT2D eigenvalue weighted by atomic mass is 35.5. The van der Waals surface area contributed by atoms with Crippen LogP contribution in [0.2, 0.25) is 5.15 Å². The number of ketones is 1. The molecule has 3 heterocycles. The predicted octanol–water partition coefficient (Wildman–Crippen LogP) is 7.24. The minimum atomic E-state index is -4.66. The van der Waals surface area contributed by atoms with Gasteiger partial charge in [-0.1, -0.05) is 17.2 Å². The molecule has 0 spiro atoms. The van der Waals surface area contributed by atoms with E-state index in [1.165, 1.54) is 18.3 Å². The molecule has 3 aliphatic carbocycles. The lowest BCUT2D eigenvalue weighted by molar-refractivity contribution is -0.137. The van der Waals surface area contributed by atoms with Crippen molar-refractivity contribution in [1.29, 1.82) is 0 Å². The fourth-order valence-corrected chi connectivity index (χ4v) is 8.84. The summed E-state index contributed by atoms with van der Waals surface area (Å²) in [7, 11) is -3.08. The summed E-state index contributed by atoms with van der Waals surface area (Å²) in [5, 5.41) is 4.80. The molecule has 1 unspecified atom stereocenters. The Balaban J connectivity index is 1.33. The third-order valence-corrected chi connectivity index (χ3v) is 11.9. The van der Waals surface area contributed by atoms with Gasteiger partial charge in [0, 0.05) is 25.0 Å². The van der Waals surface area contributed by atoms with Gasteiger partial charge in [-0.05, 0) is 110 Å². The third-order valence-electron chi connectivity index (χ3n) is 9.45. The van der Waals surface area contributed by atoms with Crippen molar-refractivity contribution in [2.24, 2.45) is 11.3 Å². The first kappa shape index (κ1) is 31.7. The van der Waals surface area contributed by atoms with Gasteiger partial charge < -0.3 is 0 Å². The molecule has 7 rings (SSSR count). The average Bonchev–Trinajstić information content (AvgIpc) is 3.79. The molecule has 3 aliphatic rings. The van der Waals surface area contributed by atoms with Crippen LogP contribution in [0.3, 0.4) is 0 Å². The minimum absolute atomic E-state index is 0.153. The van der Waals surface area contributed by atoms with Crippen LogP contribution in [0.15, 0.2) is 77.6 Å². The zero-order valence-electron chi connectivity index (χ0n) is 25.1. The van der Waals surface area contributed by atoms with E-state index >= 15 is 0 Å². The number of hydrogen-bond acceptors (Lipinski definition) is 5. The second-order valence-electron chi connectivity index (χ2n) is 12.5. The van der Waals surface area contributed by atoms with Gasteiger partial charge >= 0.3 is 6.18 Å². The van der Waals surface area contributed by atoms with Crippen molar-refractivity contribution in [2.75, 3.05) is 6.54 Å². The second-order valence-corrected chi connectivity index (χ2v) is 15.1. The van der Waals surface area contributed by atoms with E-state index in [9.17, 15) is 26.6 Å². The van der Waals surface area contributed by atoms with Gasteiger partial charge in [-0.15, -0.1) is 0 Å². The number of hydrogen-bond donors (Lipinski definition) is 0. The fourth-order valence-electron chi connectivity index (χ4n) is 6.85. The molecule has 0 saturated heterocycles. The smallest absolute Gasteiger partial charge is 0.291 e. The summed E-state index contributed by atoms with van der Waals surface area (Å²) in [6, 6.07) is 10.3. The number of halogens is 5. The standard InChI is InChI=1S/C34H30ClF4N5O2S/c1-47(46,28-10-11-31(35)41-19-28)43(20-21-2-3-21)27-7-4-23-15-30-22(18-42-44(30)26-8-5-25(36)6-9-26)16-33(23,17-27)32(45)29-14-24(12-13-40-29)34(37,38)39/h5-6,8-15,18-19,21,27H,1-4,7,16-17,20H2/t27-,33-,47?/m0/s1. The Morgan fingerprint density at radius 2 is 1.85 bits per heavy atom. The molecule has 0 aliphatic heterocycles. The molecular formula is C34H30ClF4N5O2S. The topological polar surface area (TPSA) is 81.0 Å². The lowest BCUT2D eigenvalue weighted by atomic mass is 9.60. The van der Waals surface area contributed by atoms with E-state index in [-0.39, 0.29) is 23.7 Å². The highest BCUT2D eigenvalue weighted by molar-refractivity contribution is 7.98. The SMILES string of the molecule is C=S(=O)(c1ccc(Cl)nc1)N(CC1CC1)[C@H]1CCC2=Cc3c(cnn3-c3ccc(F)cc3)C[C@]2(C(=O)c2cc(C(F)(F)F)ccn2)C1. The summed E-state index contributed by atoms with van der Waals surface area (Å²) in [6.07, 6.45) is 4.58. The van der Waals surface area contributed by atoms with E-state index in [0.29, 0.717) is 47.1 Å². The maximum Gasteiger partial charge on any atom is 0.416 e. The zero-order chi connectivity index (χ0) is 33.1. The molecule has 2 saturated carbocycles. The second kappa shape index (κ2) is 11.7. The molecule has 244 valence electrons. The van der Waals surface area contributed by atoms with Crippen LogP contribution in [0.5, 0.6) is 0 Å². The summed E-state index contributed by atoms with van der Waals surface area (Å²) >= 11 is 6.02. The number of nitrogens with zero attached hydrogens (tertiary/aromatic N) is 5. The maximum absolute atomic E-state index is 14.6. The molecule has 0 amide bonds. The molecule has 0 N–H and O–H groups in total. The molecule has 1 aromatic carbocycles. The van der Waals surface area contributed by atoms with Crippen molar-refractivity contribution in [3.8, 4) is 5.69 Å². The normalized spacial score (nSPS) is 22.3. The summed E-state index contributed by atoms with van der Waals surface area (Å²) < 4.78 is 73.1. The minimum Gasteiger partial charge on any atom is -0.291 e. The van der Waals surface area contributed by atoms with Gasteiger partial charge in [0.1, 0.15) is 16.7 Å². The van der Waals surface area contributed by atoms with Crippen molar-refractivity contribution in [2.45, 2.75) is 55.6 Å². The molecule has 2 fully saturated rings. The molecule has 3 aromatic heterocycles.